The molecule has 8 aromatic carbocycles. The zero-order valence-corrected chi connectivity index (χ0v) is 24.5. The van der Waals surface area contributed by atoms with Crippen LogP contribution >= 0.6 is 0 Å². The second-order valence-corrected chi connectivity index (χ2v) is 12.1. The lowest BCUT2D eigenvalue weighted by atomic mass is 9.90. The Balaban J connectivity index is 1.23. The van der Waals surface area contributed by atoms with E-state index in [9.17, 15) is 0 Å². The van der Waals surface area contributed by atoms with Crippen molar-refractivity contribution in [2.75, 3.05) is 0 Å². The van der Waals surface area contributed by atoms with E-state index in [2.05, 4.69) is 168 Å². The summed E-state index contributed by atoms with van der Waals surface area (Å²) in [5.41, 5.74) is 13.8. The lowest BCUT2D eigenvalue weighted by Crippen LogP contribution is -1.95. The van der Waals surface area contributed by atoms with Gasteiger partial charge in [-0.15, -0.1) is 0 Å². The molecule has 0 saturated heterocycles. The summed E-state index contributed by atoms with van der Waals surface area (Å²) in [5.74, 6) is 0. The largest absolute Gasteiger partial charge is 0.309 e. The zero-order valence-electron chi connectivity index (χ0n) is 24.5. The third-order valence-corrected chi connectivity index (χ3v) is 9.73. The quantitative estimate of drug-likeness (QED) is 0.187. The second kappa shape index (κ2) is 9.29. The minimum atomic E-state index is 1.17. The fourth-order valence-corrected chi connectivity index (χ4v) is 7.83. The van der Waals surface area contributed by atoms with Crippen LogP contribution in [0.2, 0.25) is 0 Å². The molecular weight excluding hydrogens is 542 g/mol. The van der Waals surface area contributed by atoms with Crippen LogP contribution in [0.4, 0.5) is 0 Å². The Morgan fingerprint density at radius 3 is 1.53 bits per heavy atom. The van der Waals surface area contributed by atoms with E-state index in [-0.39, 0.29) is 0 Å². The molecule has 45 heavy (non-hydrogen) atoms. The van der Waals surface area contributed by atoms with Crippen LogP contribution in [-0.4, -0.2) is 4.57 Å². The maximum atomic E-state index is 2.46. The first-order valence-corrected chi connectivity index (χ1v) is 15.6. The molecule has 0 spiro atoms. The predicted molar refractivity (Wildman–Crippen MR) is 191 cm³/mol. The van der Waals surface area contributed by atoms with Crippen LogP contribution < -0.4 is 0 Å². The Morgan fingerprint density at radius 1 is 0.311 bits per heavy atom. The summed E-state index contributed by atoms with van der Waals surface area (Å²) in [6.07, 6.45) is 0. The highest BCUT2D eigenvalue weighted by atomic mass is 15.0. The molecule has 9 aromatic rings. The second-order valence-electron chi connectivity index (χ2n) is 12.1. The summed E-state index contributed by atoms with van der Waals surface area (Å²) in [6, 6.07) is 60.2. The summed E-state index contributed by atoms with van der Waals surface area (Å²) in [4.78, 5) is 0. The van der Waals surface area contributed by atoms with Gasteiger partial charge < -0.3 is 4.57 Å². The Hall–Kier alpha value is -5.92. The first kappa shape index (κ1) is 24.5. The Labute approximate surface area is 261 Å². The van der Waals surface area contributed by atoms with Crippen LogP contribution in [0.1, 0.15) is 0 Å². The predicted octanol–water partition coefficient (Wildman–Crippen LogP) is 12.1. The van der Waals surface area contributed by atoms with Gasteiger partial charge in [-0.05, 0) is 96.4 Å². The molecule has 1 heterocycles. The van der Waals surface area contributed by atoms with E-state index in [4.69, 9.17) is 0 Å². The third kappa shape index (κ3) is 3.44. The maximum absolute atomic E-state index is 2.46. The molecule has 1 aliphatic carbocycles. The van der Waals surface area contributed by atoms with E-state index >= 15 is 0 Å². The maximum Gasteiger partial charge on any atom is 0.0547 e. The van der Waals surface area contributed by atoms with Crippen molar-refractivity contribution >= 4 is 43.4 Å². The van der Waals surface area contributed by atoms with Gasteiger partial charge in [0, 0.05) is 16.5 Å². The van der Waals surface area contributed by atoms with Crippen molar-refractivity contribution in [1.29, 1.82) is 0 Å². The smallest absolute Gasteiger partial charge is 0.0547 e. The number of nitrogens with zero attached hydrogens (tertiary/aromatic N) is 1. The number of hydrogen-bond acceptors (Lipinski definition) is 0. The highest BCUT2D eigenvalue weighted by molar-refractivity contribution is 6.29. The average Bonchev–Trinajstić information content (AvgIpc) is 3.40. The van der Waals surface area contributed by atoms with Crippen LogP contribution in [0.3, 0.4) is 0 Å². The summed E-state index contributed by atoms with van der Waals surface area (Å²) in [7, 11) is 0. The van der Waals surface area contributed by atoms with E-state index in [0.29, 0.717) is 0 Å². The van der Waals surface area contributed by atoms with Gasteiger partial charge in [-0.1, -0.05) is 133 Å². The Morgan fingerprint density at radius 2 is 0.822 bits per heavy atom. The Bertz CT molecular complexity index is 2620. The van der Waals surface area contributed by atoms with Gasteiger partial charge in [0.15, 0.2) is 0 Å². The molecule has 0 fully saturated rings. The van der Waals surface area contributed by atoms with Crippen LogP contribution in [0.25, 0.3) is 93.5 Å². The van der Waals surface area contributed by atoms with Gasteiger partial charge in [0.25, 0.3) is 0 Å². The van der Waals surface area contributed by atoms with Crippen molar-refractivity contribution in [1.82, 2.24) is 4.57 Å². The van der Waals surface area contributed by atoms with Gasteiger partial charge in [0.05, 0.1) is 11.0 Å². The van der Waals surface area contributed by atoms with Crippen molar-refractivity contribution in [3.05, 3.63) is 164 Å². The number of benzene rings is 8. The first-order chi connectivity index (χ1) is 22.3. The van der Waals surface area contributed by atoms with Crippen molar-refractivity contribution in [3.8, 4) is 50.2 Å². The minimum absolute atomic E-state index is 1.17. The first-order valence-electron chi connectivity index (χ1n) is 15.6. The average molecular weight is 570 g/mol. The molecule has 0 N–H and O–H groups in total. The lowest BCUT2D eigenvalue weighted by molar-refractivity contribution is 1.18. The van der Waals surface area contributed by atoms with E-state index in [1.165, 1.54) is 93.5 Å². The summed E-state index contributed by atoms with van der Waals surface area (Å²) in [5, 5.41) is 7.91. The summed E-state index contributed by atoms with van der Waals surface area (Å²) >= 11 is 0. The monoisotopic (exact) mass is 569 g/mol. The molecule has 208 valence electrons. The van der Waals surface area contributed by atoms with Gasteiger partial charge in [-0.2, -0.15) is 0 Å². The summed E-state index contributed by atoms with van der Waals surface area (Å²) < 4.78 is 2.46. The van der Waals surface area contributed by atoms with E-state index < -0.39 is 0 Å². The molecule has 1 aliphatic rings. The van der Waals surface area contributed by atoms with E-state index in [1.54, 1.807) is 0 Å². The molecule has 0 amide bonds. The van der Waals surface area contributed by atoms with Crippen molar-refractivity contribution < 1.29 is 0 Å². The van der Waals surface area contributed by atoms with Crippen LogP contribution in [0.15, 0.2) is 164 Å². The molecule has 1 nitrogen and oxygen atoms in total. The van der Waals surface area contributed by atoms with Gasteiger partial charge in [-0.25, -0.2) is 0 Å². The molecular formula is C44H27N. The third-order valence-electron chi connectivity index (χ3n) is 9.73. The normalized spacial score (nSPS) is 12.0. The highest BCUT2D eigenvalue weighted by Crippen LogP contribution is 2.50. The molecule has 0 unspecified atom stereocenters. The molecule has 1 heteroatoms. The van der Waals surface area contributed by atoms with Gasteiger partial charge in [0.2, 0.25) is 0 Å². The number of hydrogen-bond donors (Lipinski definition) is 0. The fourth-order valence-electron chi connectivity index (χ4n) is 7.83. The fraction of sp³-hybridized carbons (Fsp3) is 0. The van der Waals surface area contributed by atoms with Gasteiger partial charge >= 0.3 is 0 Å². The molecule has 0 bridgehead atoms. The number of fused-ring (bicyclic) bond motifs is 4. The Kier molecular flexibility index (Phi) is 5.06. The van der Waals surface area contributed by atoms with Gasteiger partial charge in [0.1, 0.15) is 0 Å². The summed E-state index contributed by atoms with van der Waals surface area (Å²) in [6.45, 7) is 0. The minimum Gasteiger partial charge on any atom is -0.309 e. The molecule has 1 aromatic heterocycles. The lowest BCUT2D eigenvalue weighted by Gasteiger charge is -2.15. The van der Waals surface area contributed by atoms with Crippen molar-refractivity contribution in [2.24, 2.45) is 0 Å². The van der Waals surface area contributed by atoms with Gasteiger partial charge in [-0.3, -0.25) is 0 Å². The van der Waals surface area contributed by atoms with Crippen molar-refractivity contribution in [2.45, 2.75) is 0 Å². The number of rotatable bonds is 3. The van der Waals surface area contributed by atoms with Crippen LogP contribution in [0.5, 0.6) is 0 Å². The molecule has 0 radical (unpaired) electrons. The zero-order chi connectivity index (χ0) is 29.5. The molecule has 10 rings (SSSR count). The standard InChI is InChI=1S/C44H27N/c1-2-11-28(12-3-1)32-14-6-7-15-33(32)29-23-25-31(26-24-29)45-40-21-9-19-37-36-18-8-17-35-34-16-5-4-13-30(34)27-39(42(35)36)38-20-10-22-41(45)44(38)43(37)40/h1-27H. The van der Waals surface area contributed by atoms with Crippen LogP contribution in [-0.2, 0) is 0 Å². The molecule has 0 aliphatic heterocycles. The van der Waals surface area contributed by atoms with E-state index in [0.717, 1.165) is 0 Å². The SMILES string of the molecule is c1ccc(-c2ccccc2-c2ccc(-n3c4cccc5c4c4c(cccc43)-c3cc4ccccc4c4cccc-5c34)cc2)cc1. The number of aromatic nitrogens is 1. The van der Waals surface area contributed by atoms with Crippen LogP contribution in [0, 0.1) is 0 Å². The molecule has 0 atom stereocenters. The van der Waals surface area contributed by atoms with Crippen molar-refractivity contribution in [3.63, 3.8) is 0 Å². The van der Waals surface area contributed by atoms with E-state index in [1.807, 2.05) is 0 Å². The molecule has 0 saturated carbocycles. The highest BCUT2D eigenvalue weighted by Gasteiger charge is 2.25. The topological polar surface area (TPSA) is 4.93 Å².